The van der Waals surface area contributed by atoms with Gasteiger partial charge >= 0.3 is 0 Å². The van der Waals surface area contributed by atoms with E-state index in [1.54, 1.807) is 12.1 Å². The maximum Gasteiger partial charge on any atom is 0.205 e. The van der Waals surface area contributed by atoms with Gasteiger partial charge < -0.3 is 10.1 Å². The van der Waals surface area contributed by atoms with E-state index in [1.807, 2.05) is 42.5 Å². The maximum atomic E-state index is 12.6. The highest BCUT2D eigenvalue weighted by Gasteiger charge is 2.19. The number of allylic oxidation sites excluding steroid dienone is 1. The lowest BCUT2D eigenvalue weighted by Crippen LogP contribution is -2.31. The van der Waals surface area contributed by atoms with Gasteiger partial charge in [0.1, 0.15) is 11.6 Å². The third-order valence-corrected chi connectivity index (χ3v) is 4.05. The van der Waals surface area contributed by atoms with Gasteiger partial charge in [-0.15, -0.1) is 0 Å². The molecular formula is C19H15ClN2O2. The monoisotopic (exact) mass is 338 g/mol. The molecule has 4 nitrogen and oxygen atoms in total. The molecule has 2 aromatic rings. The van der Waals surface area contributed by atoms with Crippen LogP contribution in [0.3, 0.4) is 0 Å². The van der Waals surface area contributed by atoms with Gasteiger partial charge in [0, 0.05) is 17.1 Å². The lowest BCUT2D eigenvalue weighted by Gasteiger charge is -2.18. The first kappa shape index (κ1) is 16.3. The molecule has 5 heteroatoms. The number of ether oxygens (including phenoxy) is 1. The summed E-state index contributed by atoms with van der Waals surface area (Å²) in [5.74, 6) is -0.298. The van der Waals surface area contributed by atoms with E-state index in [1.165, 1.54) is 0 Å². The van der Waals surface area contributed by atoms with Gasteiger partial charge in [-0.1, -0.05) is 48.0 Å². The first-order chi connectivity index (χ1) is 11.7. The fourth-order valence-corrected chi connectivity index (χ4v) is 2.64. The number of Topliss-reactive ketones (excluding diaryl/α,β-unsaturated/α-hetero) is 1. The molecule has 0 bridgehead atoms. The first-order valence-corrected chi connectivity index (χ1v) is 7.92. The van der Waals surface area contributed by atoms with Crippen molar-refractivity contribution < 1.29 is 9.53 Å². The van der Waals surface area contributed by atoms with E-state index in [-0.39, 0.29) is 18.0 Å². The molecule has 1 aliphatic rings. The number of nitrogens with zero attached hydrogens (tertiary/aromatic N) is 1. The summed E-state index contributed by atoms with van der Waals surface area (Å²) >= 11 is 5.89. The zero-order chi connectivity index (χ0) is 16.9. The Balaban J connectivity index is 1.86. The molecule has 0 unspecified atom stereocenters. The van der Waals surface area contributed by atoms with E-state index in [0.717, 1.165) is 11.1 Å². The Morgan fingerprint density at radius 2 is 1.71 bits per heavy atom. The average Bonchev–Trinajstić information content (AvgIpc) is 2.64. The van der Waals surface area contributed by atoms with Crippen molar-refractivity contribution in [2.75, 3.05) is 19.8 Å². The summed E-state index contributed by atoms with van der Waals surface area (Å²) in [5, 5.41) is 13.1. The lowest BCUT2D eigenvalue weighted by molar-refractivity contribution is 0.102. The smallest absolute Gasteiger partial charge is 0.205 e. The van der Waals surface area contributed by atoms with Gasteiger partial charge in [0.25, 0.3) is 0 Å². The minimum Gasteiger partial charge on any atom is -0.383 e. The fraction of sp³-hybridized carbons (Fsp3) is 0.158. The Labute approximate surface area is 145 Å². The second-order valence-corrected chi connectivity index (χ2v) is 5.79. The van der Waals surface area contributed by atoms with Gasteiger partial charge in [0.15, 0.2) is 0 Å². The molecular weight excluding hydrogens is 324 g/mol. The van der Waals surface area contributed by atoms with E-state index >= 15 is 0 Å². The molecule has 0 aromatic heterocycles. The zero-order valence-electron chi connectivity index (χ0n) is 12.9. The van der Waals surface area contributed by atoms with Gasteiger partial charge in [-0.3, -0.25) is 4.79 Å². The van der Waals surface area contributed by atoms with Crippen molar-refractivity contribution in [3.05, 3.63) is 70.4 Å². The minimum absolute atomic E-state index is 0.106. The van der Waals surface area contributed by atoms with Crippen molar-refractivity contribution in [3.8, 4) is 17.2 Å². The van der Waals surface area contributed by atoms with Crippen LogP contribution in [0.2, 0.25) is 5.02 Å². The van der Waals surface area contributed by atoms with E-state index in [2.05, 4.69) is 5.32 Å². The Morgan fingerprint density at radius 3 is 2.25 bits per heavy atom. The van der Waals surface area contributed by atoms with Gasteiger partial charge in [0.05, 0.1) is 18.9 Å². The third kappa shape index (κ3) is 3.48. The topological polar surface area (TPSA) is 62.1 Å². The van der Waals surface area contributed by atoms with Crippen LogP contribution in [0.25, 0.3) is 11.1 Å². The number of hydrogen-bond acceptors (Lipinski definition) is 4. The largest absolute Gasteiger partial charge is 0.383 e. The second-order valence-electron chi connectivity index (χ2n) is 5.36. The lowest BCUT2D eigenvalue weighted by atomic mass is 9.99. The molecule has 24 heavy (non-hydrogen) atoms. The number of nitriles is 1. The van der Waals surface area contributed by atoms with E-state index < -0.39 is 0 Å². The van der Waals surface area contributed by atoms with Crippen LogP contribution in [0.1, 0.15) is 10.4 Å². The SMILES string of the molecule is N#C/C(C(=O)c1ccc(-c2ccc(Cl)cc2)cc1)=C1\COCCN1. The molecule has 1 heterocycles. The van der Waals surface area contributed by atoms with Crippen molar-refractivity contribution in [2.24, 2.45) is 0 Å². The molecule has 0 aliphatic carbocycles. The van der Waals surface area contributed by atoms with Gasteiger partial charge in [-0.2, -0.15) is 5.26 Å². The number of hydrogen-bond donors (Lipinski definition) is 1. The highest BCUT2D eigenvalue weighted by atomic mass is 35.5. The molecule has 1 aliphatic heterocycles. The summed E-state index contributed by atoms with van der Waals surface area (Å²) in [7, 11) is 0. The van der Waals surface area contributed by atoms with Crippen molar-refractivity contribution in [1.82, 2.24) is 5.32 Å². The molecule has 0 radical (unpaired) electrons. The predicted octanol–water partition coefficient (Wildman–Crippen LogP) is 3.59. The molecule has 1 saturated heterocycles. The second kappa shape index (κ2) is 7.31. The van der Waals surface area contributed by atoms with Gasteiger partial charge in [0.2, 0.25) is 5.78 Å². The summed E-state index contributed by atoms with van der Waals surface area (Å²) in [5.41, 5.74) is 3.13. The Morgan fingerprint density at radius 1 is 1.08 bits per heavy atom. The predicted molar refractivity (Wildman–Crippen MR) is 92.7 cm³/mol. The van der Waals surface area contributed by atoms with Gasteiger partial charge in [-0.25, -0.2) is 0 Å². The summed E-state index contributed by atoms with van der Waals surface area (Å²) in [6, 6.07) is 16.7. The molecule has 0 saturated carbocycles. The van der Waals surface area contributed by atoms with E-state index in [4.69, 9.17) is 16.3 Å². The number of halogens is 1. The number of benzene rings is 2. The van der Waals surface area contributed by atoms with E-state index in [9.17, 15) is 10.1 Å². The molecule has 1 N–H and O–H groups in total. The van der Waals surface area contributed by atoms with Crippen molar-refractivity contribution in [2.45, 2.75) is 0 Å². The molecule has 3 rings (SSSR count). The van der Waals surface area contributed by atoms with Crippen LogP contribution in [-0.2, 0) is 4.74 Å². The van der Waals surface area contributed by atoms with Gasteiger partial charge in [-0.05, 0) is 23.3 Å². The van der Waals surface area contributed by atoms with Crippen molar-refractivity contribution in [1.29, 1.82) is 5.26 Å². The summed E-state index contributed by atoms with van der Waals surface area (Å²) in [4.78, 5) is 12.6. The standard InChI is InChI=1S/C19H15ClN2O2/c20-16-7-5-14(6-8-16)13-1-3-15(4-2-13)19(23)17(11-21)18-12-24-10-9-22-18/h1-8,22H,9-10,12H2/b18-17-. The Hall–Kier alpha value is -2.61. The normalized spacial score (nSPS) is 16.0. The average molecular weight is 339 g/mol. The zero-order valence-corrected chi connectivity index (χ0v) is 13.6. The van der Waals surface area contributed by atoms with Crippen LogP contribution in [0.5, 0.6) is 0 Å². The summed E-state index contributed by atoms with van der Waals surface area (Å²) < 4.78 is 5.30. The highest BCUT2D eigenvalue weighted by molar-refractivity contribution is 6.30. The minimum atomic E-state index is -0.298. The molecule has 2 aromatic carbocycles. The van der Waals surface area contributed by atoms with Crippen LogP contribution < -0.4 is 5.32 Å². The quantitative estimate of drug-likeness (QED) is 0.528. The fourth-order valence-electron chi connectivity index (χ4n) is 2.52. The molecule has 0 atom stereocenters. The number of carbonyl (C=O) groups excluding carboxylic acids is 1. The third-order valence-electron chi connectivity index (χ3n) is 3.80. The molecule has 1 fully saturated rings. The van der Waals surface area contributed by atoms with Crippen LogP contribution in [0, 0.1) is 11.3 Å². The Bertz CT molecular complexity index is 810. The highest BCUT2D eigenvalue weighted by Crippen LogP contribution is 2.23. The number of rotatable bonds is 3. The molecule has 120 valence electrons. The number of nitrogens with one attached hydrogen (secondary N) is 1. The molecule has 0 spiro atoms. The molecule has 0 amide bonds. The van der Waals surface area contributed by atoms with Crippen molar-refractivity contribution >= 4 is 17.4 Å². The summed E-state index contributed by atoms with van der Waals surface area (Å²) in [6.07, 6.45) is 0. The number of ketones is 1. The number of carbonyl (C=O) groups is 1. The first-order valence-electron chi connectivity index (χ1n) is 7.54. The van der Waals surface area contributed by atoms with E-state index in [0.29, 0.717) is 29.4 Å². The maximum absolute atomic E-state index is 12.6. The Kier molecular flexibility index (Phi) is 4.95. The van der Waals surface area contributed by atoms with Crippen LogP contribution >= 0.6 is 11.6 Å². The number of morpholine rings is 1. The van der Waals surface area contributed by atoms with Crippen molar-refractivity contribution in [3.63, 3.8) is 0 Å². The van der Waals surface area contributed by atoms with Crippen LogP contribution in [0.4, 0.5) is 0 Å². The van der Waals surface area contributed by atoms with Crippen LogP contribution in [-0.4, -0.2) is 25.5 Å². The summed E-state index contributed by atoms with van der Waals surface area (Å²) in [6.45, 7) is 1.44. The van der Waals surface area contributed by atoms with Crippen LogP contribution in [0.15, 0.2) is 59.8 Å².